The average molecular weight is 562 g/mol. The maximum Gasteiger partial charge on any atom is 0.276 e. The lowest BCUT2D eigenvalue weighted by atomic mass is 10.2. The minimum Gasteiger partial charge on any atom is -0.482 e. The normalized spacial score (nSPS) is 10.3. The Balaban J connectivity index is 1.72. The summed E-state index contributed by atoms with van der Waals surface area (Å²) in [5.41, 5.74) is 6.69. The second kappa shape index (κ2) is 11.3. The summed E-state index contributed by atoms with van der Waals surface area (Å²) in [6, 6.07) is 8.84. The van der Waals surface area contributed by atoms with Gasteiger partial charge in [0.1, 0.15) is 5.75 Å². The summed E-state index contributed by atoms with van der Waals surface area (Å²) in [5.74, 6) is -0.827. The first-order chi connectivity index (χ1) is 14.2. The molecule has 0 spiro atoms. The van der Waals surface area contributed by atoms with Gasteiger partial charge in [-0.1, -0.05) is 33.6 Å². The summed E-state index contributed by atoms with van der Waals surface area (Å²) in [7, 11) is 0. The van der Waals surface area contributed by atoms with E-state index in [4.69, 9.17) is 16.3 Å². The van der Waals surface area contributed by atoms with E-state index in [0.29, 0.717) is 20.9 Å². The maximum atomic E-state index is 12.0. The van der Waals surface area contributed by atoms with Crippen LogP contribution < -0.4 is 20.9 Å². The van der Waals surface area contributed by atoms with E-state index in [1.165, 1.54) is 0 Å². The first-order valence-corrected chi connectivity index (χ1v) is 10.8. The molecule has 3 amide bonds. The zero-order valence-corrected chi connectivity index (χ0v) is 20.2. The Kier molecular flexibility index (Phi) is 9.13. The third kappa shape index (κ3) is 7.30. The van der Waals surface area contributed by atoms with Crippen molar-refractivity contribution in [3.63, 3.8) is 0 Å². The smallest absolute Gasteiger partial charge is 0.276 e. The largest absolute Gasteiger partial charge is 0.482 e. The minimum atomic E-state index is -0.531. The van der Waals surface area contributed by atoms with Gasteiger partial charge in [0, 0.05) is 28.0 Å². The van der Waals surface area contributed by atoms with E-state index in [1.54, 1.807) is 31.2 Å². The number of anilines is 1. The number of carbonyl (C=O) groups is 3. The zero-order chi connectivity index (χ0) is 22.3. The molecular weight excluding hydrogens is 541 g/mol. The maximum absolute atomic E-state index is 12.0. The molecule has 3 N–H and O–H groups in total. The summed E-state index contributed by atoms with van der Waals surface area (Å²) >= 11 is 12.8. The summed E-state index contributed by atoms with van der Waals surface area (Å²) < 4.78 is 7.08. The highest BCUT2D eigenvalue weighted by molar-refractivity contribution is 9.11. The zero-order valence-electron chi connectivity index (χ0n) is 16.3. The number of ether oxygens (including phenoxy) is 1. The molecule has 0 atom stereocenters. The SMILES string of the molecule is Cc1cc(Br)cc(Br)c1OCC(=O)NNC(=O)CCC(=O)Nc1cccc(Cl)c1C. The lowest BCUT2D eigenvalue weighted by molar-refractivity contribution is -0.130. The number of hydrazine groups is 1. The van der Waals surface area contributed by atoms with Crippen molar-refractivity contribution in [3.05, 3.63) is 55.4 Å². The highest BCUT2D eigenvalue weighted by Gasteiger charge is 2.12. The molecule has 0 aliphatic rings. The van der Waals surface area contributed by atoms with E-state index < -0.39 is 11.8 Å². The van der Waals surface area contributed by atoms with Gasteiger partial charge in [-0.2, -0.15) is 0 Å². The second-order valence-electron chi connectivity index (χ2n) is 6.38. The van der Waals surface area contributed by atoms with Crippen LogP contribution in [0.4, 0.5) is 5.69 Å². The van der Waals surface area contributed by atoms with Crippen LogP contribution in [0, 0.1) is 13.8 Å². The number of nitrogens with one attached hydrogen (secondary N) is 3. The Bertz CT molecular complexity index is 946. The quantitative estimate of drug-likeness (QED) is 0.436. The number of amides is 3. The van der Waals surface area contributed by atoms with Crippen LogP contribution in [0.1, 0.15) is 24.0 Å². The number of hydrogen-bond acceptors (Lipinski definition) is 4. The third-order valence-corrected chi connectivity index (χ3v) is 5.46. The van der Waals surface area contributed by atoms with Crippen molar-refractivity contribution >= 4 is 66.9 Å². The molecule has 0 unspecified atom stereocenters. The van der Waals surface area contributed by atoms with Crippen molar-refractivity contribution in [2.75, 3.05) is 11.9 Å². The molecule has 2 rings (SSSR count). The highest BCUT2D eigenvalue weighted by Crippen LogP contribution is 2.32. The molecule has 10 heteroatoms. The number of carbonyl (C=O) groups excluding carboxylic acids is 3. The molecular formula is C20H20Br2ClN3O4. The Hall–Kier alpha value is -2.10. The molecule has 7 nitrogen and oxygen atoms in total. The summed E-state index contributed by atoms with van der Waals surface area (Å²) in [5, 5.41) is 3.25. The van der Waals surface area contributed by atoms with E-state index in [9.17, 15) is 14.4 Å². The van der Waals surface area contributed by atoms with Crippen molar-refractivity contribution in [1.82, 2.24) is 10.9 Å². The van der Waals surface area contributed by atoms with Crippen LogP contribution >= 0.6 is 43.5 Å². The Morgan fingerprint density at radius 2 is 1.67 bits per heavy atom. The number of hydrogen-bond donors (Lipinski definition) is 3. The van der Waals surface area contributed by atoms with E-state index in [-0.39, 0.29) is 25.4 Å². The fourth-order valence-electron chi connectivity index (χ4n) is 2.43. The minimum absolute atomic E-state index is 0.0464. The van der Waals surface area contributed by atoms with Crippen LogP contribution in [0.15, 0.2) is 39.3 Å². The summed E-state index contributed by atoms with van der Waals surface area (Å²) in [6.07, 6.45) is -0.140. The predicted molar refractivity (Wildman–Crippen MR) is 122 cm³/mol. The molecule has 2 aromatic rings. The van der Waals surface area contributed by atoms with Crippen molar-refractivity contribution in [3.8, 4) is 5.75 Å². The van der Waals surface area contributed by atoms with Crippen LogP contribution in [0.2, 0.25) is 5.02 Å². The second-order valence-corrected chi connectivity index (χ2v) is 8.56. The van der Waals surface area contributed by atoms with E-state index in [2.05, 4.69) is 48.0 Å². The molecule has 0 aliphatic carbocycles. The van der Waals surface area contributed by atoms with Gasteiger partial charge in [-0.25, -0.2) is 0 Å². The van der Waals surface area contributed by atoms with E-state index >= 15 is 0 Å². The van der Waals surface area contributed by atoms with Crippen molar-refractivity contribution in [2.24, 2.45) is 0 Å². The van der Waals surface area contributed by atoms with Gasteiger partial charge in [0.25, 0.3) is 5.91 Å². The van der Waals surface area contributed by atoms with Gasteiger partial charge in [-0.15, -0.1) is 0 Å². The van der Waals surface area contributed by atoms with E-state index in [0.717, 1.165) is 15.6 Å². The van der Waals surface area contributed by atoms with Crippen LogP contribution in [0.25, 0.3) is 0 Å². The number of aryl methyl sites for hydroxylation is 1. The number of halogens is 3. The van der Waals surface area contributed by atoms with Crippen molar-refractivity contribution in [2.45, 2.75) is 26.7 Å². The monoisotopic (exact) mass is 559 g/mol. The molecule has 0 saturated heterocycles. The van der Waals surface area contributed by atoms with Gasteiger partial charge >= 0.3 is 0 Å². The van der Waals surface area contributed by atoms with Crippen LogP contribution in [-0.4, -0.2) is 24.3 Å². The Morgan fingerprint density at radius 3 is 2.37 bits per heavy atom. The number of rotatable bonds is 7. The first-order valence-electron chi connectivity index (χ1n) is 8.88. The van der Waals surface area contributed by atoms with E-state index in [1.807, 2.05) is 13.0 Å². The van der Waals surface area contributed by atoms with Crippen molar-refractivity contribution in [1.29, 1.82) is 0 Å². The molecule has 0 fully saturated rings. The predicted octanol–water partition coefficient (Wildman–Crippen LogP) is 4.43. The fourth-order valence-corrected chi connectivity index (χ4v) is 4.16. The highest BCUT2D eigenvalue weighted by atomic mass is 79.9. The first kappa shape index (κ1) is 24.2. The Labute approximate surface area is 196 Å². The van der Waals surface area contributed by atoms with Gasteiger partial charge in [0.05, 0.1) is 4.47 Å². The van der Waals surface area contributed by atoms with Crippen LogP contribution in [-0.2, 0) is 14.4 Å². The Morgan fingerprint density at radius 1 is 1.00 bits per heavy atom. The van der Waals surface area contributed by atoms with Gasteiger partial charge in [0.15, 0.2) is 6.61 Å². The molecule has 0 aliphatic heterocycles. The lowest BCUT2D eigenvalue weighted by Gasteiger charge is -2.12. The molecule has 0 aromatic heterocycles. The summed E-state index contributed by atoms with van der Waals surface area (Å²) in [4.78, 5) is 35.8. The molecule has 0 heterocycles. The molecule has 0 bridgehead atoms. The molecule has 30 heavy (non-hydrogen) atoms. The molecule has 160 valence electrons. The lowest BCUT2D eigenvalue weighted by Crippen LogP contribution is -2.44. The van der Waals surface area contributed by atoms with Gasteiger partial charge in [0.2, 0.25) is 11.8 Å². The molecule has 2 aromatic carbocycles. The fraction of sp³-hybridized carbons (Fsp3) is 0.250. The number of benzene rings is 2. The van der Waals surface area contributed by atoms with Gasteiger partial charge in [-0.05, 0) is 65.2 Å². The average Bonchev–Trinajstić information content (AvgIpc) is 2.67. The molecule has 0 radical (unpaired) electrons. The van der Waals surface area contributed by atoms with Gasteiger partial charge in [-0.3, -0.25) is 25.2 Å². The van der Waals surface area contributed by atoms with Crippen LogP contribution in [0.3, 0.4) is 0 Å². The molecule has 0 saturated carbocycles. The third-order valence-electron chi connectivity index (χ3n) is 4.00. The van der Waals surface area contributed by atoms with Crippen LogP contribution in [0.5, 0.6) is 5.75 Å². The topological polar surface area (TPSA) is 96.5 Å². The standard InChI is InChI=1S/C20H20Br2ClN3O4/c1-11-8-13(21)9-14(22)20(11)30-10-19(29)26-25-18(28)7-6-17(27)24-16-5-3-4-15(23)12(16)2/h3-5,8-9H,6-7,10H2,1-2H3,(H,24,27)(H,25,28)(H,26,29). The van der Waals surface area contributed by atoms with Gasteiger partial charge < -0.3 is 10.1 Å². The van der Waals surface area contributed by atoms with Crippen molar-refractivity contribution < 1.29 is 19.1 Å². The summed E-state index contributed by atoms with van der Waals surface area (Å²) in [6.45, 7) is 3.35.